The molecule has 1 fully saturated rings. The zero-order valence-electron chi connectivity index (χ0n) is 13.9. The number of amides is 2. The maximum atomic E-state index is 12.1. The number of benzene rings is 1. The minimum absolute atomic E-state index is 0.0154. The van der Waals surface area contributed by atoms with Crippen molar-refractivity contribution in [3.05, 3.63) is 35.9 Å². The van der Waals surface area contributed by atoms with Gasteiger partial charge in [0.15, 0.2) is 0 Å². The first-order valence-corrected chi connectivity index (χ1v) is 8.05. The summed E-state index contributed by atoms with van der Waals surface area (Å²) in [5.74, 6) is 0.403. The van der Waals surface area contributed by atoms with E-state index in [0.717, 1.165) is 19.3 Å². The predicted octanol–water partition coefficient (Wildman–Crippen LogP) is 2.72. The van der Waals surface area contributed by atoms with Crippen LogP contribution in [0.1, 0.15) is 39.2 Å². The quantitative estimate of drug-likeness (QED) is 0.725. The molecule has 1 aliphatic carbocycles. The Labute approximate surface area is 133 Å². The summed E-state index contributed by atoms with van der Waals surface area (Å²) in [6, 6.07) is 10.1. The summed E-state index contributed by atoms with van der Waals surface area (Å²) < 4.78 is 0. The van der Waals surface area contributed by atoms with Gasteiger partial charge in [-0.05, 0) is 43.1 Å². The fraction of sp³-hybridized carbons (Fsp3) is 0.611. The van der Waals surface area contributed by atoms with Crippen molar-refractivity contribution >= 4 is 6.03 Å². The van der Waals surface area contributed by atoms with Crippen LogP contribution in [0.2, 0.25) is 0 Å². The highest BCUT2D eigenvalue weighted by Gasteiger charge is 2.42. The van der Waals surface area contributed by atoms with Crippen molar-refractivity contribution < 1.29 is 9.90 Å². The lowest BCUT2D eigenvalue weighted by Crippen LogP contribution is -2.55. The van der Waals surface area contributed by atoms with Crippen molar-refractivity contribution in [2.75, 3.05) is 13.2 Å². The van der Waals surface area contributed by atoms with Crippen LogP contribution in [0.4, 0.5) is 4.79 Å². The normalized spacial score (nSPS) is 17.6. The Morgan fingerprint density at radius 2 is 1.86 bits per heavy atom. The van der Waals surface area contributed by atoms with E-state index in [9.17, 15) is 9.90 Å². The van der Waals surface area contributed by atoms with E-state index in [2.05, 4.69) is 36.6 Å². The summed E-state index contributed by atoms with van der Waals surface area (Å²) in [5, 5.41) is 15.4. The number of hydrogen-bond donors (Lipinski definition) is 3. The average molecular weight is 304 g/mol. The molecule has 1 unspecified atom stereocenters. The van der Waals surface area contributed by atoms with Gasteiger partial charge < -0.3 is 15.7 Å². The van der Waals surface area contributed by atoms with Crippen LogP contribution in [0, 0.1) is 11.3 Å². The molecule has 1 aromatic rings. The average Bonchev–Trinajstić information content (AvgIpc) is 3.31. The Bertz CT molecular complexity index is 497. The molecule has 4 heteroatoms. The van der Waals surface area contributed by atoms with Gasteiger partial charge in [-0.3, -0.25) is 0 Å². The largest absolute Gasteiger partial charge is 0.394 e. The number of nitrogens with one attached hydrogen (secondary N) is 2. The smallest absolute Gasteiger partial charge is 0.315 e. The Hall–Kier alpha value is -1.55. The zero-order valence-corrected chi connectivity index (χ0v) is 13.9. The molecule has 0 radical (unpaired) electrons. The van der Waals surface area contributed by atoms with Crippen molar-refractivity contribution in [3.63, 3.8) is 0 Å². The molecule has 0 bridgehead atoms. The molecule has 0 aromatic heterocycles. The van der Waals surface area contributed by atoms with Crippen LogP contribution in [-0.4, -0.2) is 29.8 Å². The van der Waals surface area contributed by atoms with E-state index in [1.165, 1.54) is 5.56 Å². The molecule has 0 heterocycles. The first-order chi connectivity index (χ1) is 10.3. The monoisotopic (exact) mass is 304 g/mol. The maximum Gasteiger partial charge on any atom is 0.315 e. The van der Waals surface area contributed by atoms with Crippen LogP contribution in [0.3, 0.4) is 0 Å². The van der Waals surface area contributed by atoms with Gasteiger partial charge in [-0.15, -0.1) is 0 Å². The molecule has 1 aromatic carbocycles. The van der Waals surface area contributed by atoms with Crippen molar-refractivity contribution in [3.8, 4) is 0 Å². The van der Waals surface area contributed by atoms with Crippen molar-refractivity contribution in [1.29, 1.82) is 0 Å². The number of rotatable bonds is 7. The summed E-state index contributed by atoms with van der Waals surface area (Å²) in [7, 11) is 0. The zero-order chi connectivity index (χ0) is 16.2. The summed E-state index contributed by atoms with van der Waals surface area (Å²) >= 11 is 0. The maximum absolute atomic E-state index is 12.1. The highest BCUT2D eigenvalue weighted by molar-refractivity contribution is 5.75. The van der Waals surface area contributed by atoms with Gasteiger partial charge in [0.25, 0.3) is 0 Å². The SMILES string of the molecule is CC(C)(CNC(=O)NC(C)(CO)C1CC1)Cc1ccccc1. The molecule has 2 amide bonds. The molecule has 0 saturated heterocycles. The molecular weight excluding hydrogens is 276 g/mol. The van der Waals surface area contributed by atoms with Crippen molar-refractivity contribution in [1.82, 2.24) is 10.6 Å². The van der Waals surface area contributed by atoms with Gasteiger partial charge in [-0.2, -0.15) is 0 Å². The van der Waals surface area contributed by atoms with E-state index in [1.807, 2.05) is 25.1 Å². The second-order valence-electron chi connectivity index (χ2n) is 7.48. The topological polar surface area (TPSA) is 61.4 Å². The predicted molar refractivity (Wildman–Crippen MR) is 88.7 cm³/mol. The fourth-order valence-corrected chi connectivity index (χ4v) is 2.83. The number of carbonyl (C=O) groups excluding carboxylic acids is 1. The lowest BCUT2D eigenvalue weighted by atomic mass is 9.86. The third kappa shape index (κ3) is 4.73. The van der Waals surface area contributed by atoms with Gasteiger partial charge in [0.2, 0.25) is 0 Å². The Kier molecular flexibility index (Phi) is 5.12. The Morgan fingerprint density at radius 3 is 2.41 bits per heavy atom. The van der Waals surface area contributed by atoms with E-state index in [4.69, 9.17) is 0 Å². The highest BCUT2D eigenvalue weighted by atomic mass is 16.3. The van der Waals surface area contributed by atoms with E-state index >= 15 is 0 Å². The van der Waals surface area contributed by atoms with Crippen molar-refractivity contribution in [2.45, 2.75) is 45.6 Å². The summed E-state index contributed by atoms with van der Waals surface area (Å²) in [4.78, 5) is 12.1. The van der Waals surface area contributed by atoms with Crippen LogP contribution < -0.4 is 10.6 Å². The fourth-order valence-electron chi connectivity index (χ4n) is 2.83. The molecular formula is C18H28N2O2. The Balaban J connectivity index is 1.82. The molecule has 4 nitrogen and oxygen atoms in total. The summed E-state index contributed by atoms with van der Waals surface area (Å²) in [6.07, 6.45) is 3.07. The molecule has 1 atom stereocenters. The van der Waals surface area contributed by atoms with Crippen LogP contribution in [0.5, 0.6) is 0 Å². The van der Waals surface area contributed by atoms with Gasteiger partial charge in [0.05, 0.1) is 12.1 Å². The molecule has 2 rings (SSSR count). The van der Waals surface area contributed by atoms with Gasteiger partial charge in [0.1, 0.15) is 0 Å². The van der Waals surface area contributed by atoms with Crippen LogP contribution in [-0.2, 0) is 6.42 Å². The first kappa shape index (κ1) is 16.8. The Morgan fingerprint density at radius 1 is 1.23 bits per heavy atom. The molecule has 1 saturated carbocycles. The van der Waals surface area contributed by atoms with Crippen molar-refractivity contribution in [2.24, 2.45) is 11.3 Å². The lowest BCUT2D eigenvalue weighted by molar-refractivity contribution is 0.153. The minimum atomic E-state index is -0.492. The standard InChI is InChI=1S/C18H28N2O2/c1-17(2,11-14-7-5-4-6-8-14)12-19-16(22)20-18(3,13-21)15-9-10-15/h4-8,15,21H,9-13H2,1-3H3,(H2,19,20,22). The number of aliphatic hydroxyl groups excluding tert-OH is 1. The molecule has 122 valence electrons. The number of hydrogen-bond acceptors (Lipinski definition) is 2. The molecule has 0 spiro atoms. The third-order valence-electron chi connectivity index (χ3n) is 4.46. The van der Waals surface area contributed by atoms with Crippen LogP contribution in [0.25, 0.3) is 0 Å². The second-order valence-corrected chi connectivity index (χ2v) is 7.48. The van der Waals surface area contributed by atoms with Crippen LogP contribution >= 0.6 is 0 Å². The number of urea groups is 1. The molecule has 0 aliphatic heterocycles. The van der Waals surface area contributed by atoms with E-state index in [-0.39, 0.29) is 18.1 Å². The van der Waals surface area contributed by atoms with Gasteiger partial charge in [0, 0.05) is 6.54 Å². The number of carbonyl (C=O) groups is 1. The van der Waals surface area contributed by atoms with Crippen LogP contribution in [0.15, 0.2) is 30.3 Å². The van der Waals surface area contributed by atoms with E-state index in [0.29, 0.717) is 12.5 Å². The van der Waals surface area contributed by atoms with E-state index < -0.39 is 5.54 Å². The minimum Gasteiger partial charge on any atom is -0.394 e. The molecule has 22 heavy (non-hydrogen) atoms. The number of aliphatic hydroxyl groups is 1. The third-order valence-corrected chi connectivity index (χ3v) is 4.46. The highest BCUT2D eigenvalue weighted by Crippen LogP contribution is 2.39. The lowest BCUT2D eigenvalue weighted by Gasteiger charge is -2.30. The summed E-state index contributed by atoms with van der Waals surface area (Å²) in [5.41, 5.74) is 0.759. The van der Waals surface area contributed by atoms with Gasteiger partial charge in [-0.1, -0.05) is 44.2 Å². The van der Waals surface area contributed by atoms with E-state index in [1.54, 1.807) is 0 Å². The van der Waals surface area contributed by atoms with Gasteiger partial charge in [-0.25, -0.2) is 4.79 Å². The summed E-state index contributed by atoms with van der Waals surface area (Å²) in [6.45, 7) is 6.79. The second kappa shape index (κ2) is 6.69. The first-order valence-electron chi connectivity index (χ1n) is 8.05. The van der Waals surface area contributed by atoms with Gasteiger partial charge >= 0.3 is 6.03 Å². The molecule has 3 N–H and O–H groups in total. The molecule has 1 aliphatic rings.